The molecule has 16 heavy (non-hydrogen) atoms. The van der Waals surface area contributed by atoms with Gasteiger partial charge in [0.1, 0.15) is 11.8 Å². The minimum absolute atomic E-state index is 0.273. The molecule has 1 aromatic carbocycles. The van der Waals surface area contributed by atoms with Gasteiger partial charge in [-0.3, -0.25) is 0 Å². The van der Waals surface area contributed by atoms with Gasteiger partial charge in [0.15, 0.2) is 5.69 Å². The van der Waals surface area contributed by atoms with Crippen LogP contribution >= 0.6 is 22.6 Å². The van der Waals surface area contributed by atoms with Crippen LogP contribution in [0.15, 0.2) is 36.7 Å². The third kappa shape index (κ3) is 2.46. The minimum atomic E-state index is 0.273. The molecule has 0 bridgehead atoms. The Kier molecular flexibility index (Phi) is 3.31. The second-order valence-electron chi connectivity index (χ2n) is 2.88. The fraction of sp³-hybridized carbons (Fsp3) is 0. The van der Waals surface area contributed by atoms with Gasteiger partial charge >= 0.3 is 0 Å². The number of para-hydroxylation sites is 1. The Morgan fingerprint density at radius 3 is 2.62 bits per heavy atom. The van der Waals surface area contributed by atoms with Crippen LogP contribution < -0.4 is 4.74 Å². The van der Waals surface area contributed by atoms with Gasteiger partial charge in [0, 0.05) is 0 Å². The van der Waals surface area contributed by atoms with Crippen LogP contribution in [-0.4, -0.2) is 9.97 Å². The molecular formula is C11H6IN3O. The lowest BCUT2D eigenvalue weighted by Crippen LogP contribution is -1.92. The molecule has 0 aliphatic carbocycles. The van der Waals surface area contributed by atoms with Crippen molar-refractivity contribution < 1.29 is 4.74 Å². The summed E-state index contributed by atoms with van der Waals surface area (Å²) >= 11 is 2.18. The number of nitrogens with zero attached hydrogens (tertiary/aromatic N) is 3. The van der Waals surface area contributed by atoms with E-state index in [0.29, 0.717) is 5.88 Å². The van der Waals surface area contributed by atoms with Crippen molar-refractivity contribution in [1.82, 2.24) is 9.97 Å². The number of nitriles is 1. The van der Waals surface area contributed by atoms with E-state index in [1.165, 1.54) is 12.4 Å². The normalized spacial score (nSPS) is 9.50. The average molecular weight is 323 g/mol. The zero-order valence-electron chi connectivity index (χ0n) is 8.09. The summed E-state index contributed by atoms with van der Waals surface area (Å²) in [6.45, 7) is 0. The Hall–Kier alpha value is -1.68. The van der Waals surface area contributed by atoms with E-state index in [0.717, 1.165) is 9.32 Å². The van der Waals surface area contributed by atoms with Crippen molar-refractivity contribution in [2.75, 3.05) is 0 Å². The van der Waals surface area contributed by atoms with Crippen LogP contribution in [0.1, 0.15) is 5.69 Å². The fourth-order valence-electron chi connectivity index (χ4n) is 1.07. The first kappa shape index (κ1) is 10.8. The highest BCUT2D eigenvalue weighted by molar-refractivity contribution is 14.1. The van der Waals surface area contributed by atoms with Gasteiger partial charge in [-0.1, -0.05) is 12.1 Å². The molecular weight excluding hydrogens is 317 g/mol. The lowest BCUT2D eigenvalue weighted by molar-refractivity contribution is 0.457. The molecule has 1 aromatic heterocycles. The van der Waals surface area contributed by atoms with Crippen molar-refractivity contribution in [1.29, 1.82) is 5.26 Å². The van der Waals surface area contributed by atoms with E-state index < -0.39 is 0 Å². The molecule has 0 N–H and O–H groups in total. The number of aromatic nitrogens is 2. The van der Waals surface area contributed by atoms with Gasteiger partial charge in [-0.05, 0) is 34.7 Å². The first-order valence-electron chi connectivity index (χ1n) is 4.44. The Morgan fingerprint density at radius 2 is 2.00 bits per heavy atom. The largest absolute Gasteiger partial charge is 0.436 e. The summed E-state index contributed by atoms with van der Waals surface area (Å²) in [5.41, 5.74) is 0.273. The van der Waals surface area contributed by atoms with E-state index in [-0.39, 0.29) is 5.69 Å². The summed E-state index contributed by atoms with van der Waals surface area (Å²) in [5.74, 6) is 1.10. The molecule has 2 aromatic rings. The fourth-order valence-corrected chi connectivity index (χ4v) is 1.56. The van der Waals surface area contributed by atoms with Crippen LogP contribution in [-0.2, 0) is 0 Å². The van der Waals surface area contributed by atoms with E-state index >= 15 is 0 Å². The molecule has 2 rings (SSSR count). The Balaban J connectivity index is 2.22. The molecule has 1 heterocycles. The van der Waals surface area contributed by atoms with Gasteiger partial charge in [0.2, 0.25) is 5.88 Å². The molecule has 0 spiro atoms. The summed E-state index contributed by atoms with van der Waals surface area (Å²) < 4.78 is 6.51. The summed E-state index contributed by atoms with van der Waals surface area (Å²) in [4.78, 5) is 7.85. The van der Waals surface area contributed by atoms with Gasteiger partial charge in [-0.15, -0.1) is 0 Å². The van der Waals surface area contributed by atoms with E-state index in [9.17, 15) is 0 Å². The predicted octanol–water partition coefficient (Wildman–Crippen LogP) is 2.75. The van der Waals surface area contributed by atoms with Crippen molar-refractivity contribution in [2.45, 2.75) is 0 Å². The molecule has 0 aliphatic heterocycles. The minimum Gasteiger partial charge on any atom is -0.436 e. The molecule has 4 nitrogen and oxygen atoms in total. The van der Waals surface area contributed by atoms with Crippen LogP contribution in [0, 0.1) is 14.9 Å². The lowest BCUT2D eigenvalue weighted by Gasteiger charge is -2.05. The molecule has 0 amide bonds. The third-order valence-corrected chi connectivity index (χ3v) is 2.69. The molecule has 0 fully saturated rings. The summed E-state index contributed by atoms with van der Waals surface area (Å²) in [5, 5.41) is 8.57. The van der Waals surface area contributed by atoms with E-state index in [1.54, 1.807) is 0 Å². The lowest BCUT2D eigenvalue weighted by atomic mass is 10.3. The first-order valence-corrected chi connectivity index (χ1v) is 5.52. The molecule has 0 saturated carbocycles. The smallest absolute Gasteiger partial charge is 0.237 e. The number of halogens is 1. The summed E-state index contributed by atoms with van der Waals surface area (Å²) in [6.07, 6.45) is 2.81. The average Bonchev–Trinajstić information content (AvgIpc) is 2.33. The quantitative estimate of drug-likeness (QED) is 0.798. The highest BCUT2D eigenvalue weighted by atomic mass is 127. The Labute approximate surface area is 106 Å². The van der Waals surface area contributed by atoms with Crippen molar-refractivity contribution in [3.8, 4) is 17.7 Å². The SMILES string of the molecule is N#Cc1cnc(Oc2ccccc2I)cn1. The van der Waals surface area contributed by atoms with Crippen molar-refractivity contribution in [2.24, 2.45) is 0 Å². The molecule has 0 unspecified atom stereocenters. The van der Waals surface area contributed by atoms with Crippen molar-refractivity contribution in [3.63, 3.8) is 0 Å². The van der Waals surface area contributed by atoms with Crippen LogP contribution in [0.5, 0.6) is 11.6 Å². The standard InChI is InChI=1S/C11H6IN3O/c12-9-3-1-2-4-10(9)16-11-7-14-8(5-13)6-15-11/h1-4,6-7H. The topological polar surface area (TPSA) is 58.8 Å². The van der Waals surface area contributed by atoms with Gasteiger partial charge in [0.25, 0.3) is 0 Å². The number of hydrogen-bond acceptors (Lipinski definition) is 4. The Morgan fingerprint density at radius 1 is 1.19 bits per heavy atom. The second kappa shape index (κ2) is 4.90. The van der Waals surface area contributed by atoms with E-state index in [4.69, 9.17) is 10.00 Å². The second-order valence-corrected chi connectivity index (χ2v) is 4.05. The maximum Gasteiger partial charge on any atom is 0.237 e. The maximum atomic E-state index is 8.57. The molecule has 0 aliphatic rings. The predicted molar refractivity (Wildman–Crippen MR) is 66.0 cm³/mol. The van der Waals surface area contributed by atoms with E-state index in [2.05, 4.69) is 32.6 Å². The number of rotatable bonds is 2. The molecule has 78 valence electrons. The van der Waals surface area contributed by atoms with Crippen molar-refractivity contribution >= 4 is 22.6 Å². The zero-order valence-corrected chi connectivity index (χ0v) is 10.2. The van der Waals surface area contributed by atoms with Gasteiger partial charge in [-0.2, -0.15) is 5.26 Å². The van der Waals surface area contributed by atoms with Crippen LogP contribution in [0.4, 0.5) is 0 Å². The number of ether oxygens (including phenoxy) is 1. The molecule has 0 atom stereocenters. The monoisotopic (exact) mass is 323 g/mol. The summed E-state index contributed by atoms with van der Waals surface area (Å²) in [6, 6.07) is 9.50. The Bertz CT molecular complexity index is 534. The van der Waals surface area contributed by atoms with Crippen molar-refractivity contribution in [3.05, 3.63) is 45.9 Å². The summed E-state index contributed by atoms with van der Waals surface area (Å²) in [7, 11) is 0. The third-order valence-electron chi connectivity index (χ3n) is 1.79. The van der Waals surface area contributed by atoms with Gasteiger partial charge < -0.3 is 4.74 Å². The first-order chi connectivity index (χ1) is 7.79. The molecule has 0 saturated heterocycles. The van der Waals surface area contributed by atoms with Crippen LogP contribution in [0.25, 0.3) is 0 Å². The molecule has 5 heteroatoms. The van der Waals surface area contributed by atoms with Crippen LogP contribution in [0.2, 0.25) is 0 Å². The van der Waals surface area contributed by atoms with Gasteiger partial charge in [-0.25, -0.2) is 9.97 Å². The zero-order chi connectivity index (χ0) is 11.4. The number of hydrogen-bond donors (Lipinski definition) is 0. The molecule has 0 radical (unpaired) electrons. The highest BCUT2D eigenvalue weighted by Gasteiger charge is 2.02. The number of benzene rings is 1. The highest BCUT2D eigenvalue weighted by Crippen LogP contribution is 2.24. The maximum absolute atomic E-state index is 8.57. The van der Waals surface area contributed by atoms with Crippen LogP contribution in [0.3, 0.4) is 0 Å². The van der Waals surface area contributed by atoms with Gasteiger partial charge in [0.05, 0.1) is 16.0 Å². The van der Waals surface area contributed by atoms with E-state index in [1.807, 2.05) is 30.3 Å².